The van der Waals surface area contributed by atoms with Gasteiger partial charge < -0.3 is 9.47 Å². The Morgan fingerprint density at radius 2 is 1.70 bits per heavy atom. The molecule has 20 heavy (non-hydrogen) atoms. The van der Waals surface area contributed by atoms with E-state index < -0.39 is 0 Å². The fourth-order valence-corrected chi connectivity index (χ4v) is 2.42. The van der Waals surface area contributed by atoms with Crippen molar-refractivity contribution >= 4 is 27.5 Å². The standard InChI is InChI=1S/C17H14O3/c1-19-11-20-17(18)15-8-4-6-13-10-9-12-5-2-3-7-14(12)16(13)15/h2-10H,11H2,1H3. The number of hydrogen-bond donors (Lipinski definition) is 0. The second-order valence-electron chi connectivity index (χ2n) is 4.53. The molecule has 3 rings (SSSR count). The minimum Gasteiger partial charge on any atom is -0.435 e. The molecule has 3 aromatic rings. The van der Waals surface area contributed by atoms with Crippen molar-refractivity contribution < 1.29 is 14.3 Å². The number of ether oxygens (including phenoxy) is 2. The molecule has 0 aliphatic rings. The minimum atomic E-state index is -0.367. The van der Waals surface area contributed by atoms with Crippen molar-refractivity contribution in [1.29, 1.82) is 0 Å². The van der Waals surface area contributed by atoms with Crippen LogP contribution in [0.15, 0.2) is 54.6 Å². The summed E-state index contributed by atoms with van der Waals surface area (Å²) >= 11 is 0. The Labute approximate surface area is 116 Å². The van der Waals surface area contributed by atoms with Gasteiger partial charge in [-0.1, -0.05) is 48.5 Å². The van der Waals surface area contributed by atoms with Crippen LogP contribution < -0.4 is 0 Å². The number of benzene rings is 3. The van der Waals surface area contributed by atoms with Gasteiger partial charge in [0.15, 0.2) is 6.79 Å². The third kappa shape index (κ3) is 2.12. The lowest BCUT2D eigenvalue weighted by Gasteiger charge is -2.09. The smallest absolute Gasteiger partial charge is 0.340 e. The summed E-state index contributed by atoms with van der Waals surface area (Å²) in [5.74, 6) is -0.367. The molecule has 0 fully saturated rings. The number of carbonyl (C=O) groups is 1. The van der Waals surface area contributed by atoms with Gasteiger partial charge in [0.1, 0.15) is 0 Å². The molecular weight excluding hydrogens is 252 g/mol. The first kappa shape index (κ1) is 12.6. The first-order valence-electron chi connectivity index (χ1n) is 6.38. The van der Waals surface area contributed by atoms with Crippen LogP contribution in [0.1, 0.15) is 10.4 Å². The largest absolute Gasteiger partial charge is 0.435 e. The van der Waals surface area contributed by atoms with Gasteiger partial charge in [-0.3, -0.25) is 0 Å². The molecule has 0 bridgehead atoms. The van der Waals surface area contributed by atoms with E-state index in [1.54, 1.807) is 6.07 Å². The number of rotatable bonds is 3. The van der Waals surface area contributed by atoms with Crippen LogP contribution in [0, 0.1) is 0 Å². The molecule has 0 heterocycles. The number of carbonyl (C=O) groups excluding carboxylic acids is 1. The van der Waals surface area contributed by atoms with E-state index in [-0.39, 0.29) is 12.8 Å². The van der Waals surface area contributed by atoms with Crippen molar-refractivity contribution in [3.8, 4) is 0 Å². The van der Waals surface area contributed by atoms with Crippen LogP contribution in [0.3, 0.4) is 0 Å². The minimum absolute atomic E-state index is 0.0417. The summed E-state index contributed by atoms with van der Waals surface area (Å²) in [5, 5.41) is 4.10. The average molecular weight is 266 g/mol. The topological polar surface area (TPSA) is 35.5 Å². The lowest BCUT2D eigenvalue weighted by molar-refractivity contribution is -0.0123. The number of methoxy groups -OCH3 is 1. The van der Waals surface area contributed by atoms with Gasteiger partial charge in [-0.15, -0.1) is 0 Å². The van der Waals surface area contributed by atoms with E-state index in [0.717, 1.165) is 21.5 Å². The lowest BCUT2D eigenvalue weighted by atomic mass is 9.98. The second-order valence-corrected chi connectivity index (χ2v) is 4.53. The highest BCUT2D eigenvalue weighted by Crippen LogP contribution is 2.28. The molecule has 0 radical (unpaired) electrons. The lowest BCUT2D eigenvalue weighted by Crippen LogP contribution is -2.08. The summed E-state index contributed by atoms with van der Waals surface area (Å²) in [6.07, 6.45) is 0. The van der Waals surface area contributed by atoms with Crippen molar-refractivity contribution in [1.82, 2.24) is 0 Å². The third-order valence-electron chi connectivity index (χ3n) is 3.30. The van der Waals surface area contributed by atoms with Crippen molar-refractivity contribution in [3.05, 3.63) is 60.2 Å². The van der Waals surface area contributed by atoms with Crippen molar-refractivity contribution in [2.45, 2.75) is 0 Å². The van der Waals surface area contributed by atoms with Crippen LogP contribution in [0.25, 0.3) is 21.5 Å². The molecule has 0 saturated carbocycles. The zero-order chi connectivity index (χ0) is 13.9. The maximum absolute atomic E-state index is 12.2. The molecule has 0 aliphatic heterocycles. The summed E-state index contributed by atoms with van der Waals surface area (Å²) < 4.78 is 9.86. The van der Waals surface area contributed by atoms with Crippen LogP contribution in [0.2, 0.25) is 0 Å². The Morgan fingerprint density at radius 3 is 2.55 bits per heavy atom. The van der Waals surface area contributed by atoms with Gasteiger partial charge in [-0.25, -0.2) is 4.79 Å². The first-order chi connectivity index (χ1) is 9.81. The monoisotopic (exact) mass is 266 g/mol. The Kier molecular flexibility index (Phi) is 3.35. The van der Waals surface area contributed by atoms with E-state index in [0.29, 0.717) is 5.56 Å². The third-order valence-corrected chi connectivity index (χ3v) is 3.30. The molecular formula is C17H14O3. The molecule has 0 atom stereocenters. The maximum Gasteiger partial charge on any atom is 0.340 e. The van der Waals surface area contributed by atoms with Gasteiger partial charge in [-0.2, -0.15) is 0 Å². The Hall–Kier alpha value is -2.39. The maximum atomic E-state index is 12.2. The van der Waals surface area contributed by atoms with Crippen LogP contribution in [0.4, 0.5) is 0 Å². The first-order valence-corrected chi connectivity index (χ1v) is 6.38. The van der Waals surface area contributed by atoms with Gasteiger partial charge in [0, 0.05) is 12.5 Å². The SMILES string of the molecule is COCOC(=O)c1cccc2ccc3ccccc3c12. The van der Waals surface area contributed by atoms with Crippen molar-refractivity contribution in [2.24, 2.45) is 0 Å². The van der Waals surface area contributed by atoms with E-state index in [2.05, 4.69) is 6.07 Å². The highest BCUT2D eigenvalue weighted by molar-refractivity contribution is 6.16. The summed E-state index contributed by atoms with van der Waals surface area (Å²) in [4.78, 5) is 12.2. The van der Waals surface area contributed by atoms with E-state index >= 15 is 0 Å². The van der Waals surface area contributed by atoms with E-state index in [9.17, 15) is 4.79 Å². The Balaban J connectivity index is 2.26. The molecule has 0 spiro atoms. The average Bonchev–Trinajstić information content (AvgIpc) is 2.51. The Bertz CT molecular complexity index is 777. The second kappa shape index (κ2) is 5.31. The number of esters is 1. The van der Waals surface area contributed by atoms with Gasteiger partial charge in [0.2, 0.25) is 0 Å². The molecule has 0 N–H and O–H groups in total. The zero-order valence-electron chi connectivity index (χ0n) is 11.1. The molecule has 0 aliphatic carbocycles. The molecule has 3 heteroatoms. The number of fused-ring (bicyclic) bond motifs is 3. The fourth-order valence-electron chi connectivity index (χ4n) is 2.42. The van der Waals surface area contributed by atoms with Gasteiger partial charge >= 0.3 is 5.97 Å². The molecule has 0 aromatic heterocycles. The van der Waals surface area contributed by atoms with Crippen LogP contribution in [-0.2, 0) is 9.47 Å². The van der Waals surface area contributed by atoms with Gasteiger partial charge in [0.05, 0.1) is 5.56 Å². The molecule has 100 valence electrons. The van der Waals surface area contributed by atoms with Crippen LogP contribution in [0.5, 0.6) is 0 Å². The highest BCUT2D eigenvalue weighted by atomic mass is 16.7. The summed E-state index contributed by atoms with van der Waals surface area (Å²) in [6.45, 7) is -0.0417. The predicted molar refractivity (Wildman–Crippen MR) is 78.7 cm³/mol. The van der Waals surface area contributed by atoms with Gasteiger partial charge in [0.25, 0.3) is 0 Å². The normalized spacial score (nSPS) is 10.8. The molecule has 0 saturated heterocycles. The molecule has 3 aromatic carbocycles. The molecule has 0 amide bonds. The summed E-state index contributed by atoms with van der Waals surface area (Å²) in [5.41, 5.74) is 0.566. The Morgan fingerprint density at radius 1 is 0.950 bits per heavy atom. The predicted octanol–water partition coefficient (Wildman–Crippen LogP) is 3.75. The molecule has 3 nitrogen and oxygen atoms in total. The quantitative estimate of drug-likeness (QED) is 0.411. The summed E-state index contributed by atoms with van der Waals surface area (Å²) in [7, 11) is 1.49. The van der Waals surface area contributed by atoms with E-state index in [1.165, 1.54) is 7.11 Å². The van der Waals surface area contributed by atoms with E-state index in [4.69, 9.17) is 9.47 Å². The van der Waals surface area contributed by atoms with Crippen LogP contribution in [-0.4, -0.2) is 19.9 Å². The summed E-state index contributed by atoms with van der Waals surface area (Å²) in [6, 6.07) is 17.7. The zero-order valence-corrected chi connectivity index (χ0v) is 11.1. The van der Waals surface area contributed by atoms with Crippen LogP contribution >= 0.6 is 0 Å². The number of hydrogen-bond acceptors (Lipinski definition) is 3. The van der Waals surface area contributed by atoms with Crippen molar-refractivity contribution in [3.63, 3.8) is 0 Å². The van der Waals surface area contributed by atoms with Crippen molar-refractivity contribution in [2.75, 3.05) is 13.9 Å². The fraction of sp³-hybridized carbons (Fsp3) is 0.118. The van der Waals surface area contributed by atoms with Gasteiger partial charge in [-0.05, 0) is 22.2 Å². The highest BCUT2D eigenvalue weighted by Gasteiger charge is 2.13. The van der Waals surface area contributed by atoms with E-state index in [1.807, 2.05) is 42.5 Å². The molecule has 0 unspecified atom stereocenters.